The second kappa shape index (κ2) is 4.58. The molecule has 0 aliphatic carbocycles. The minimum Gasteiger partial charge on any atom is -0.292 e. The van der Waals surface area contributed by atoms with Crippen LogP contribution in [0.4, 0.5) is 0 Å². The summed E-state index contributed by atoms with van der Waals surface area (Å²) in [6.45, 7) is 1.46. The first-order chi connectivity index (χ1) is 8.56. The van der Waals surface area contributed by atoms with Gasteiger partial charge in [-0.1, -0.05) is 18.2 Å². The topological polar surface area (TPSA) is 92.5 Å². The fraction of sp³-hybridized carbons (Fsp3) is 0.250. The molecule has 94 valence electrons. The molecule has 6 heteroatoms. The molecule has 1 atom stereocenters. The first-order valence-electron chi connectivity index (χ1n) is 5.51. The molecule has 0 radical (unpaired) electrons. The van der Waals surface area contributed by atoms with Crippen molar-refractivity contribution in [2.45, 2.75) is 19.4 Å². The maximum Gasteiger partial charge on any atom is 0.261 e. The number of amides is 3. The molecule has 1 aromatic rings. The lowest BCUT2D eigenvalue weighted by molar-refractivity contribution is -0.136. The van der Waals surface area contributed by atoms with Gasteiger partial charge in [-0.05, 0) is 18.6 Å². The van der Waals surface area contributed by atoms with Crippen LogP contribution in [0, 0.1) is 0 Å². The van der Waals surface area contributed by atoms with Crippen molar-refractivity contribution in [2.75, 3.05) is 0 Å². The lowest BCUT2D eigenvalue weighted by Gasteiger charge is -2.30. The van der Waals surface area contributed by atoms with Crippen molar-refractivity contribution in [2.24, 2.45) is 5.84 Å². The number of benzene rings is 1. The molecule has 1 unspecified atom stereocenters. The maximum atomic E-state index is 12.2. The third-order valence-corrected chi connectivity index (χ3v) is 2.99. The zero-order valence-corrected chi connectivity index (χ0v) is 9.84. The minimum atomic E-state index is -0.914. The Morgan fingerprint density at radius 3 is 2.72 bits per heavy atom. The monoisotopic (exact) mass is 247 g/mol. The van der Waals surface area contributed by atoms with E-state index in [4.69, 9.17) is 5.84 Å². The van der Waals surface area contributed by atoms with Crippen LogP contribution in [0.25, 0.3) is 0 Å². The number of hydrazine groups is 1. The number of imide groups is 1. The standard InChI is InChI=1S/C12H13N3O3/c1-7(11(17)14-13)15-10(16)6-8-4-2-3-5-9(8)12(15)18/h2-5,7H,6,13H2,1H3,(H,14,17). The van der Waals surface area contributed by atoms with Gasteiger partial charge in [0.25, 0.3) is 11.8 Å². The van der Waals surface area contributed by atoms with Gasteiger partial charge in [-0.15, -0.1) is 0 Å². The van der Waals surface area contributed by atoms with Gasteiger partial charge in [0.15, 0.2) is 0 Å². The lowest BCUT2D eigenvalue weighted by Crippen LogP contribution is -2.54. The third kappa shape index (κ3) is 1.86. The fourth-order valence-corrected chi connectivity index (χ4v) is 2.00. The summed E-state index contributed by atoms with van der Waals surface area (Å²) in [5.74, 6) is 3.59. The zero-order chi connectivity index (χ0) is 13.3. The molecule has 0 aromatic heterocycles. The number of fused-ring (bicyclic) bond motifs is 1. The van der Waals surface area contributed by atoms with Gasteiger partial charge >= 0.3 is 0 Å². The van der Waals surface area contributed by atoms with Crippen LogP contribution in [0.2, 0.25) is 0 Å². The molecule has 1 aliphatic heterocycles. The number of hydrogen-bond donors (Lipinski definition) is 2. The summed E-state index contributed by atoms with van der Waals surface area (Å²) >= 11 is 0. The molecular weight excluding hydrogens is 234 g/mol. The van der Waals surface area contributed by atoms with Crippen molar-refractivity contribution in [1.82, 2.24) is 10.3 Å². The molecule has 3 amide bonds. The van der Waals surface area contributed by atoms with Gasteiger partial charge < -0.3 is 0 Å². The van der Waals surface area contributed by atoms with Gasteiger partial charge in [0.2, 0.25) is 5.91 Å². The van der Waals surface area contributed by atoms with Crippen molar-refractivity contribution < 1.29 is 14.4 Å². The third-order valence-electron chi connectivity index (χ3n) is 2.99. The molecule has 0 bridgehead atoms. The summed E-state index contributed by atoms with van der Waals surface area (Å²) in [4.78, 5) is 36.5. The molecule has 1 aliphatic rings. The predicted molar refractivity (Wildman–Crippen MR) is 63.1 cm³/mol. The van der Waals surface area contributed by atoms with Gasteiger partial charge in [0, 0.05) is 5.56 Å². The number of nitrogens with one attached hydrogen (secondary N) is 1. The summed E-state index contributed by atoms with van der Waals surface area (Å²) in [5.41, 5.74) is 3.08. The Morgan fingerprint density at radius 1 is 1.39 bits per heavy atom. The first-order valence-corrected chi connectivity index (χ1v) is 5.51. The van der Waals surface area contributed by atoms with E-state index in [1.165, 1.54) is 6.92 Å². The SMILES string of the molecule is CC(C(=O)NN)N1C(=O)Cc2ccccc2C1=O. The normalized spacial score (nSPS) is 16.2. The van der Waals surface area contributed by atoms with E-state index < -0.39 is 23.8 Å². The van der Waals surface area contributed by atoms with E-state index in [1.807, 2.05) is 5.43 Å². The Hall–Kier alpha value is -2.21. The van der Waals surface area contributed by atoms with E-state index >= 15 is 0 Å². The van der Waals surface area contributed by atoms with Crippen molar-refractivity contribution in [3.8, 4) is 0 Å². The molecule has 18 heavy (non-hydrogen) atoms. The fourth-order valence-electron chi connectivity index (χ4n) is 2.00. The second-order valence-electron chi connectivity index (χ2n) is 4.09. The number of nitrogens with two attached hydrogens (primary N) is 1. The number of nitrogens with zero attached hydrogens (tertiary/aromatic N) is 1. The average Bonchev–Trinajstić information content (AvgIpc) is 2.37. The van der Waals surface area contributed by atoms with Crippen LogP contribution < -0.4 is 11.3 Å². The highest BCUT2D eigenvalue weighted by molar-refractivity contribution is 6.11. The summed E-state index contributed by atoms with van der Waals surface area (Å²) in [6, 6.07) is 5.95. The molecule has 0 fully saturated rings. The smallest absolute Gasteiger partial charge is 0.261 e. The van der Waals surface area contributed by atoms with Crippen LogP contribution in [-0.2, 0) is 16.0 Å². The second-order valence-corrected chi connectivity index (χ2v) is 4.09. The maximum absolute atomic E-state index is 12.2. The largest absolute Gasteiger partial charge is 0.292 e. The van der Waals surface area contributed by atoms with E-state index in [0.29, 0.717) is 11.1 Å². The summed E-state index contributed by atoms with van der Waals surface area (Å²) in [7, 11) is 0. The average molecular weight is 247 g/mol. The van der Waals surface area contributed by atoms with Crippen LogP contribution in [0.3, 0.4) is 0 Å². The molecule has 1 aromatic carbocycles. The number of carbonyl (C=O) groups excluding carboxylic acids is 3. The predicted octanol–water partition coefficient (Wildman–Crippen LogP) is -0.410. The molecular formula is C12H13N3O3. The lowest BCUT2D eigenvalue weighted by atomic mass is 9.97. The van der Waals surface area contributed by atoms with Gasteiger partial charge in [0.1, 0.15) is 6.04 Å². The quantitative estimate of drug-likeness (QED) is 0.321. The first kappa shape index (κ1) is 12.3. The summed E-state index contributed by atoms with van der Waals surface area (Å²) in [6.07, 6.45) is 0.115. The molecule has 6 nitrogen and oxygen atoms in total. The van der Waals surface area contributed by atoms with E-state index in [1.54, 1.807) is 24.3 Å². The van der Waals surface area contributed by atoms with Crippen molar-refractivity contribution >= 4 is 17.7 Å². The Labute approximate surface area is 104 Å². The zero-order valence-electron chi connectivity index (χ0n) is 9.84. The van der Waals surface area contributed by atoms with Gasteiger partial charge in [-0.25, -0.2) is 5.84 Å². The van der Waals surface area contributed by atoms with Gasteiger partial charge in [-0.2, -0.15) is 0 Å². The molecule has 3 N–H and O–H groups in total. The Balaban J connectivity index is 2.38. The van der Waals surface area contributed by atoms with Crippen LogP contribution in [0.15, 0.2) is 24.3 Å². The van der Waals surface area contributed by atoms with Crippen molar-refractivity contribution in [1.29, 1.82) is 0 Å². The van der Waals surface area contributed by atoms with E-state index in [-0.39, 0.29) is 6.42 Å². The molecule has 1 heterocycles. The molecule has 2 rings (SSSR count). The van der Waals surface area contributed by atoms with Crippen molar-refractivity contribution in [3.63, 3.8) is 0 Å². The van der Waals surface area contributed by atoms with E-state index in [2.05, 4.69) is 0 Å². The number of rotatable bonds is 2. The Morgan fingerprint density at radius 2 is 2.06 bits per heavy atom. The van der Waals surface area contributed by atoms with Crippen molar-refractivity contribution in [3.05, 3.63) is 35.4 Å². The number of carbonyl (C=O) groups is 3. The van der Waals surface area contributed by atoms with E-state index in [9.17, 15) is 14.4 Å². The highest BCUT2D eigenvalue weighted by Crippen LogP contribution is 2.21. The summed E-state index contributed by atoms with van der Waals surface area (Å²) < 4.78 is 0. The van der Waals surface area contributed by atoms with Crippen LogP contribution in [0.1, 0.15) is 22.8 Å². The minimum absolute atomic E-state index is 0.115. The highest BCUT2D eigenvalue weighted by Gasteiger charge is 2.36. The van der Waals surface area contributed by atoms with Crippen LogP contribution in [0.5, 0.6) is 0 Å². The van der Waals surface area contributed by atoms with Crippen LogP contribution in [-0.4, -0.2) is 28.7 Å². The number of hydrogen-bond acceptors (Lipinski definition) is 4. The van der Waals surface area contributed by atoms with Gasteiger partial charge in [-0.3, -0.25) is 24.7 Å². The highest BCUT2D eigenvalue weighted by atomic mass is 16.2. The Bertz CT molecular complexity index is 527. The van der Waals surface area contributed by atoms with Crippen LogP contribution >= 0.6 is 0 Å². The molecule has 0 saturated carbocycles. The van der Waals surface area contributed by atoms with Gasteiger partial charge in [0.05, 0.1) is 6.42 Å². The summed E-state index contributed by atoms with van der Waals surface area (Å²) in [5, 5.41) is 0. The van der Waals surface area contributed by atoms with E-state index in [0.717, 1.165) is 4.90 Å². The Kier molecular flexibility index (Phi) is 3.12. The molecule has 0 spiro atoms. The molecule has 0 saturated heterocycles.